The average Bonchev–Trinajstić information content (AvgIpc) is 3.08. The van der Waals surface area contributed by atoms with Crippen LogP contribution in [-0.4, -0.2) is 53.8 Å². The van der Waals surface area contributed by atoms with Gasteiger partial charge in [0.25, 0.3) is 0 Å². The molecular formula is C20H23N3O2. The summed E-state index contributed by atoms with van der Waals surface area (Å²) >= 11 is 0. The summed E-state index contributed by atoms with van der Waals surface area (Å²) in [4.78, 5) is 28.1. The smallest absolute Gasteiger partial charge is 0.245 e. The maximum atomic E-state index is 12.5. The standard InChI is InChI=1S/C20H23N3O2/c24-19-9-8-18(21-19)20(25)23-12-10-22(11-13-23)14-16-6-3-5-15-4-1-2-7-17(15)16/h1-7,18H,8-14H2,(H,21,24)/t18-/m1/s1. The van der Waals surface area contributed by atoms with Gasteiger partial charge in [0.2, 0.25) is 11.8 Å². The van der Waals surface area contributed by atoms with Crippen LogP contribution in [0, 0.1) is 0 Å². The first-order valence-electron chi connectivity index (χ1n) is 8.98. The van der Waals surface area contributed by atoms with Crippen LogP contribution in [0.1, 0.15) is 18.4 Å². The van der Waals surface area contributed by atoms with E-state index in [4.69, 9.17) is 0 Å². The van der Waals surface area contributed by atoms with Crippen LogP contribution in [0.2, 0.25) is 0 Å². The number of fused-ring (bicyclic) bond motifs is 1. The fourth-order valence-electron chi connectivity index (χ4n) is 3.82. The molecule has 2 amide bonds. The molecular weight excluding hydrogens is 314 g/mol. The van der Waals surface area contributed by atoms with Gasteiger partial charge >= 0.3 is 0 Å². The van der Waals surface area contributed by atoms with Gasteiger partial charge in [0.1, 0.15) is 6.04 Å². The van der Waals surface area contributed by atoms with Crippen LogP contribution in [0.25, 0.3) is 10.8 Å². The monoisotopic (exact) mass is 337 g/mol. The SMILES string of the molecule is O=C1CC[C@H](C(=O)N2CCN(Cc3cccc4ccccc34)CC2)N1. The molecule has 2 aromatic rings. The van der Waals surface area contributed by atoms with E-state index in [0.29, 0.717) is 12.8 Å². The van der Waals surface area contributed by atoms with Crippen molar-refractivity contribution in [2.45, 2.75) is 25.4 Å². The Hall–Kier alpha value is -2.40. The zero-order valence-corrected chi connectivity index (χ0v) is 14.3. The Labute approximate surface area is 147 Å². The van der Waals surface area contributed by atoms with E-state index in [-0.39, 0.29) is 17.9 Å². The van der Waals surface area contributed by atoms with Crippen LogP contribution in [0.3, 0.4) is 0 Å². The highest BCUT2D eigenvalue weighted by molar-refractivity contribution is 5.91. The molecule has 25 heavy (non-hydrogen) atoms. The molecule has 4 rings (SSSR count). The minimum atomic E-state index is -0.308. The van der Waals surface area contributed by atoms with Crippen LogP contribution in [0.5, 0.6) is 0 Å². The Kier molecular flexibility index (Phi) is 4.40. The lowest BCUT2D eigenvalue weighted by molar-refractivity contribution is -0.136. The quantitative estimate of drug-likeness (QED) is 0.929. The molecule has 2 aliphatic rings. The van der Waals surface area contributed by atoms with Gasteiger partial charge in [-0.25, -0.2) is 0 Å². The fourth-order valence-corrected chi connectivity index (χ4v) is 3.82. The fraction of sp³-hybridized carbons (Fsp3) is 0.400. The van der Waals surface area contributed by atoms with Gasteiger partial charge < -0.3 is 10.2 Å². The van der Waals surface area contributed by atoms with E-state index in [2.05, 4.69) is 52.7 Å². The normalized spacial score (nSPS) is 21.5. The van der Waals surface area contributed by atoms with E-state index in [1.807, 2.05) is 4.90 Å². The summed E-state index contributed by atoms with van der Waals surface area (Å²) in [6, 6.07) is 14.6. The van der Waals surface area contributed by atoms with Gasteiger partial charge in [-0.2, -0.15) is 0 Å². The number of hydrogen-bond donors (Lipinski definition) is 1. The van der Waals surface area contributed by atoms with Crippen molar-refractivity contribution in [1.82, 2.24) is 15.1 Å². The second kappa shape index (κ2) is 6.84. The number of nitrogens with zero attached hydrogens (tertiary/aromatic N) is 2. The molecule has 0 aromatic heterocycles. The predicted molar refractivity (Wildman–Crippen MR) is 97.0 cm³/mol. The minimum absolute atomic E-state index is 0.00654. The van der Waals surface area contributed by atoms with E-state index in [9.17, 15) is 9.59 Å². The van der Waals surface area contributed by atoms with Gasteiger partial charge in [0, 0.05) is 39.1 Å². The Balaban J connectivity index is 1.37. The number of benzene rings is 2. The van der Waals surface area contributed by atoms with Crippen molar-refractivity contribution in [3.05, 3.63) is 48.0 Å². The number of carbonyl (C=O) groups excluding carboxylic acids is 2. The maximum Gasteiger partial charge on any atom is 0.245 e. The molecule has 0 bridgehead atoms. The van der Waals surface area contributed by atoms with E-state index >= 15 is 0 Å². The third kappa shape index (κ3) is 3.37. The van der Waals surface area contributed by atoms with Crippen LogP contribution in [0.4, 0.5) is 0 Å². The first-order valence-corrected chi connectivity index (χ1v) is 8.98. The van der Waals surface area contributed by atoms with Gasteiger partial charge in [-0.15, -0.1) is 0 Å². The molecule has 0 radical (unpaired) electrons. The topological polar surface area (TPSA) is 52.7 Å². The van der Waals surface area contributed by atoms with E-state index < -0.39 is 0 Å². The van der Waals surface area contributed by atoms with Crippen LogP contribution < -0.4 is 5.32 Å². The Morgan fingerprint density at radius 2 is 1.80 bits per heavy atom. The molecule has 1 atom stereocenters. The highest BCUT2D eigenvalue weighted by atomic mass is 16.2. The highest BCUT2D eigenvalue weighted by Crippen LogP contribution is 2.21. The lowest BCUT2D eigenvalue weighted by Gasteiger charge is -2.36. The van der Waals surface area contributed by atoms with Crippen LogP contribution in [-0.2, 0) is 16.1 Å². The summed E-state index contributed by atoms with van der Waals surface area (Å²) in [7, 11) is 0. The molecule has 0 spiro atoms. The summed E-state index contributed by atoms with van der Waals surface area (Å²) < 4.78 is 0. The Morgan fingerprint density at radius 1 is 1.04 bits per heavy atom. The lowest BCUT2D eigenvalue weighted by atomic mass is 10.0. The van der Waals surface area contributed by atoms with E-state index in [1.54, 1.807) is 0 Å². The van der Waals surface area contributed by atoms with Crippen molar-refractivity contribution in [3.63, 3.8) is 0 Å². The van der Waals surface area contributed by atoms with Gasteiger partial charge in [-0.3, -0.25) is 14.5 Å². The maximum absolute atomic E-state index is 12.5. The van der Waals surface area contributed by atoms with Gasteiger partial charge in [0.05, 0.1) is 0 Å². The molecule has 2 fully saturated rings. The molecule has 2 aliphatic heterocycles. The predicted octanol–water partition coefficient (Wildman–Crippen LogP) is 1.76. The van der Waals surface area contributed by atoms with Gasteiger partial charge in [0.15, 0.2) is 0 Å². The summed E-state index contributed by atoms with van der Waals surface area (Å²) in [5.74, 6) is 0.0728. The lowest BCUT2D eigenvalue weighted by Crippen LogP contribution is -2.53. The molecule has 2 aromatic carbocycles. The molecule has 5 nitrogen and oxygen atoms in total. The van der Waals surface area contributed by atoms with Crippen molar-refractivity contribution < 1.29 is 9.59 Å². The number of hydrogen-bond acceptors (Lipinski definition) is 3. The molecule has 1 N–H and O–H groups in total. The first-order chi connectivity index (χ1) is 12.2. The van der Waals surface area contributed by atoms with Crippen molar-refractivity contribution in [3.8, 4) is 0 Å². The summed E-state index contributed by atoms with van der Waals surface area (Å²) in [6.45, 7) is 4.11. The van der Waals surface area contributed by atoms with Crippen LogP contribution in [0.15, 0.2) is 42.5 Å². The number of nitrogens with one attached hydrogen (secondary N) is 1. The van der Waals surface area contributed by atoms with E-state index in [0.717, 1.165) is 32.7 Å². The second-order valence-electron chi connectivity index (χ2n) is 6.90. The van der Waals surface area contributed by atoms with Crippen molar-refractivity contribution in [2.75, 3.05) is 26.2 Å². The van der Waals surface area contributed by atoms with Crippen LogP contribution >= 0.6 is 0 Å². The zero-order chi connectivity index (χ0) is 17.2. The number of carbonyl (C=O) groups is 2. The third-order valence-corrected chi connectivity index (χ3v) is 5.25. The Bertz CT molecular complexity index is 791. The Morgan fingerprint density at radius 3 is 2.56 bits per heavy atom. The number of amides is 2. The molecule has 5 heteroatoms. The molecule has 130 valence electrons. The van der Waals surface area contributed by atoms with E-state index in [1.165, 1.54) is 16.3 Å². The first kappa shape index (κ1) is 16.1. The largest absolute Gasteiger partial charge is 0.344 e. The number of piperazine rings is 1. The average molecular weight is 337 g/mol. The molecule has 2 heterocycles. The van der Waals surface area contributed by atoms with Crippen molar-refractivity contribution >= 4 is 22.6 Å². The highest BCUT2D eigenvalue weighted by Gasteiger charge is 2.32. The summed E-state index contributed by atoms with van der Waals surface area (Å²) in [5, 5.41) is 5.35. The molecule has 2 saturated heterocycles. The zero-order valence-electron chi connectivity index (χ0n) is 14.3. The molecule has 0 unspecified atom stereocenters. The minimum Gasteiger partial charge on any atom is -0.344 e. The molecule has 0 saturated carbocycles. The van der Waals surface area contributed by atoms with Gasteiger partial charge in [-0.05, 0) is 22.8 Å². The van der Waals surface area contributed by atoms with Crippen molar-refractivity contribution in [2.24, 2.45) is 0 Å². The molecule has 0 aliphatic carbocycles. The summed E-state index contributed by atoms with van der Waals surface area (Å²) in [5.41, 5.74) is 1.33. The number of rotatable bonds is 3. The summed E-state index contributed by atoms with van der Waals surface area (Å²) in [6.07, 6.45) is 1.10. The second-order valence-corrected chi connectivity index (χ2v) is 6.90. The third-order valence-electron chi connectivity index (χ3n) is 5.25. The van der Waals surface area contributed by atoms with Gasteiger partial charge in [-0.1, -0.05) is 42.5 Å². The van der Waals surface area contributed by atoms with Crippen molar-refractivity contribution in [1.29, 1.82) is 0 Å².